The van der Waals surface area contributed by atoms with Gasteiger partial charge in [-0.2, -0.15) is 0 Å². The van der Waals surface area contributed by atoms with Gasteiger partial charge in [0.2, 0.25) is 0 Å². The maximum Gasteiger partial charge on any atom is 0.407 e. The molecule has 0 spiro atoms. The van der Waals surface area contributed by atoms with Crippen LogP contribution in [0.2, 0.25) is 0 Å². The van der Waals surface area contributed by atoms with E-state index in [0.717, 1.165) is 12.8 Å². The van der Waals surface area contributed by atoms with Crippen molar-refractivity contribution in [1.82, 2.24) is 5.32 Å². The van der Waals surface area contributed by atoms with Gasteiger partial charge in [0.15, 0.2) is 0 Å². The fourth-order valence-electron chi connectivity index (χ4n) is 4.18. The van der Waals surface area contributed by atoms with Crippen molar-refractivity contribution < 1.29 is 14.6 Å². The van der Waals surface area contributed by atoms with E-state index < -0.39 is 5.60 Å². The highest BCUT2D eigenvalue weighted by Gasteiger charge is 2.78. The van der Waals surface area contributed by atoms with Gasteiger partial charge in [0.1, 0.15) is 5.60 Å². The van der Waals surface area contributed by atoms with Crippen LogP contribution in [0.3, 0.4) is 0 Å². The van der Waals surface area contributed by atoms with Crippen molar-refractivity contribution in [1.29, 1.82) is 0 Å². The summed E-state index contributed by atoms with van der Waals surface area (Å²) in [7, 11) is 0. The van der Waals surface area contributed by atoms with Crippen LogP contribution in [0.15, 0.2) is 0 Å². The molecule has 0 heterocycles. The Morgan fingerprint density at radius 2 is 2.24 bits per heavy atom. The highest BCUT2D eigenvalue weighted by Crippen LogP contribution is 2.78. The fourth-order valence-corrected chi connectivity index (χ4v) is 4.18. The Bertz CT molecular complexity index is 362. The van der Waals surface area contributed by atoms with Gasteiger partial charge in [0, 0.05) is 6.54 Å². The summed E-state index contributed by atoms with van der Waals surface area (Å²) >= 11 is 0. The molecule has 0 aromatic heterocycles. The number of carbonyl (C=O) groups excluding carboxylic acids is 1. The summed E-state index contributed by atoms with van der Waals surface area (Å²) in [5, 5.41) is 12.8. The number of hydrogen-bond acceptors (Lipinski definition) is 3. The van der Waals surface area contributed by atoms with E-state index in [9.17, 15) is 9.90 Å². The Hall–Kier alpha value is -0.770. The first-order chi connectivity index (χ1) is 7.83. The van der Waals surface area contributed by atoms with Crippen molar-refractivity contribution in [3.8, 4) is 0 Å². The molecular weight excluding hydrogens is 218 g/mol. The van der Waals surface area contributed by atoms with Gasteiger partial charge in [-0.25, -0.2) is 4.79 Å². The number of alkyl carbamates (subject to hydrolysis) is 1. The Kier molecular flexibility index (Phi) is 2.11. The van der Waals surface area contributed by atoms with Crippen molar-refractivity contribution in [3.05, 3.63) is 0 Å². The zero-order valence-electron chi connectivity index (χ0n) is 10.7. The molecule has 0 aromatic rings. The number of rotatable bonds is 2. The molecule has 5 unspecified atom stereocenters. The molecule has 4 aliphatic rings. The molecule has 4 fully saturated rings. The molecule has 4 nitrogen and oxygen atoms in total. The zero-order chi connectivity index (χ0) is 12.4. The highest BCUT2D eigenvalue weighted by molar-refractivity contribution is 5.67. The van der Waals surface area contributed by atoms with Gasteiger partial charge in [-0.05, 0) is 56.8 Å². The highest BCUT2D eigenvalue weighted by atomic mass is 16.6. The summed E-state index contributed by atoms with van der Waals surface area (Å²) in [5.74, 6) is 1.59. The zero-order valence-corrected chi connectivity index (χ0v) is 10.7. The molecule has 17 heavy (non-hydrogen) atoms. The lowest BCUT2D eigenvalue weighted by Gasteiger charge is -2.21. The molecule has 0 saturated heterocycles. The van der Waals surface area contributed by atoms with E-state index in [0.29, 0.717) is 24.3 Å². The molecule has 0 aliphatic heterocycles. The van der Waals surface area contributed by atoms with Crippen LogP contribution in [0.25, 0.3) is 0 Å². The third-order valence-corrected chi connectivity index (χ3v) is 4.74. The number of hydrogen-bond donors (Lipinski definition) is 2. The third-order valence-electron chi connectivity index (χ3n) is 4.74. The van der Waals surface area contributed by atoms with Crippen LogP contribution < -0.4 is 5.32 Å². The van der Waals surface area contributed by atoms with Crippen LogP contribution in [0.4, 0.5) is 4.79 Å². The largest absolute Gasteiger partial charge is 0.444 e. The average Bonchev–Trinajstić information content (AvgIpc) is 2.49. The minimum atomic E-state index is -0.442. The van der Waals surface area contributed by atoms with Crippen molar-refractivity contribution in [3.63, 3.8) is 0 Å². The first-order valence-corrected chi connectivity index (χ1v) is 6.48. The minimum absolute atomic E-state index is 0.111. The smallest absolute Gasteiger partial charge is 0.407 e. The van der Waals surface area contributed by atoms with Gasteiger partial charge in [0.05, 0.1) is 6.10 Å². The maximum atomic E-state index is 11.6. The van der Waals surface area contributed by atoms with Gasteiger partial charge in [-0.3, -0.25) is 0 Å². The van der Waals surface area contributed by atoms with E-state index in [4.69, 9.17) is 4.74 Å². The normalized spacial score (nSPS) is 45.9. The molecule has 0 radical (unpaired) electrons. The Morgan fingerprint density at radius 1 is 1.53 bits per heavy atom. The summed E-state index contributed by atoms with van der Waals surface area (Å²) < 4.78 is 5.22. The first-order valence-electron chi connectivity index (χ1n) is 6.48. The number of aliphatic hydroxyl groups is 1. The number of aliphatic hydroxyl groups excluding tert-OH is 1. The molecule has 0 aromatic carbocycles. The second kappa shape index (κ2) is 3.16. The van der Waals surface area contributed by atoms with Gasteiger partial charge >= 0.3 is 6.09 Å². The molecule has 4 rings (SSSR count). The molecule has 4 heteroatoms. The molecule has 5 atom stereocenters. The van der Waals surface area contributed by atoms with Crippen LogP contribution in [0.1, 0.15) is 33.6 Å². The standard InChI is InChI=1S/C13H21NO3/c1-12(2,3)17-11(16)14-6-13-5-7-4-8(13)9(13)10(7)15/h7-10,15H,4-6H2,1-3H3,(H,14,16). The van der Waals surface area contributed by atoms with E-state index in [2.05, 4.69) is 5.32 Å². The second-order valence-electron chi connectivity index (χ2n) is 6.91. The van der Waals surface area contributed by atoms with E-state index in [1.54, 1.807) is 0 Å². The lowest BCUT2D eigenvalue weighted by molar-refractivity contribution is 0.0513. The average molecular weight is 239 g/mol. The van der Waals surface area contributed by atoms with E-state index in [1.165, 1.54) is 0 Å². The lowest BCUT2D eigenvalue weighted by atomic mass is 10.0. The molecule has 4 aliphatic carbocycles. The second-order valence-corrected chi connectivity index (χ2v) is 6.91. The van der Waals surface area contributed by atoms with Crippen LogP contribution >= 0.6 is 0 Å². The summed E-state index contributed by atoms with van der Waals surface area (Å²) in [6.45, 7) is 6.26. The SMILES string of the molecule is CC(C)(C)OC(=O)NCC12CC3CC1C2C3O. The molecule has 1 amide bonds. The van der Waals surface area contributed by atoms with Crippen LogP contribution in [0.5, 0.6) is 0 Å². The topological polar surface area (TPSA) is 58.6 Å². The van der Waals surface area contributed by atoms with Gasteiger partial charge in [-0.15, -0.1) is 0 Å². The van der Waals surface area contributed by atoms with Gasteiger partial charge < -0.3 is 15.2 Å². The number of ether oxygens (including phenoxy) is 1. The van der Waals surface area contributed by atoms with Crippen molar-refractivity contribution >= 4 is 6.09 Å². The monoisotopic (exact) mass is 239 g/mol. The number of carbonyl (C=O) groups is 1. The van der Waals surface area contributed by atoms with Gasteiger partial charge in [0.25, 0.3) is 0 Å². The maximum absolute atomic E-state index is 11.6. The van der Waals surface area contributed by atoms with Gasteiger partial charge in [-0.1, -0.05) is 0 Å². The van der Waals surface area contributed by atoms with E-state index in [-0.39, 0.29) is 17.6 Å². The minimum Gasteiger partial charge on any atom is -0.444 e. The summed E-state index contributed by atoms with van der Waals surface area (Å²) in [4.78, 5) is 11.6. The van der Waals surface area contributed by atoms with Crippen molar-refractivity contribution in [2.45, 2.75) is 45.3 Å². The lowest BCUT2D eigenvalue weighted by Crippen LogP contribution is -2.36. The summed E-state index contributed by atoms with van der Waals surface area (Å²) in [6, 6.07) is 0. The van der Waals surface area contributed by atoms with E-state index >= 15 is 0 Å². The Morgan fingerprint density at radius 3 is 2.65 bits per heavy atom. The number of amides is 1. The van der Waals surface area contributed by atoms with E-state index in [1.807, 2.05) is 20.8 Å². The fraction of sp³-hybridized carbons (Fsp3) is 0.923. The van der Waals surface area contributed by atoms with Crippen molar-refractivity contribution in [2.24, 2.45) is 23.2 Å². The number of nitrogens with one attached hydrogen (secondary N) is 1. The quantitative estimate of drug-likeness (QED) is 0.768. The Balaban J connectivity index is 1.53. The third kappa shape index (κ3) is 1.57. The molecule has 4 bridgehead atoms. The molecular formula is C13H21NO3. The van der Waals surface area contributed by atoms with Crippen LogP contribution in [-0.4, -0.2) is 29.4 Å². The predicted octanol–water partition coefficient (Wildman–Crippen LogP) is 1.53. The van der Waals surface area contributed by atoms with Crippen LogP contribution in [-0.2, 0) is 4.74 Å². The summed E-state index contributed by atoms with van der Waals surface area (Å²) in [6.07, 6.45) is 1.79. The van der Waals surface area contributed by atoms with Crippen molar-refractivity contribution in [2.75, 3.05) is 6.54 Å². The Labute approximate surface area is 102 Å². The molecule has 96 valence electrons. The predicted molar refractivity (Wildman–Crippen MR) is 62.4 cm³/mol. The van der Waals surface area contributed by atoms with Crippen LogP contribution in [0, 0.1) is 23.2 Å². The summed E-state index contributed by atoms with van der Waals surface area (Å²) in [5.41, 5.74) is -0.233. The molecule has 2 N–H and O–H groups in total. The first kappa shape index (κ1) is 11.3. The molecule has 4 saturated carbocycles.